The molecule has 2 aliphatic rings. The van der Waals surface area contributed by atoms with Gasteiger partial charge >= 0.3 is 0 Å². The largest absolute Gasteiger partial charge is 0.355 e. The Morgan fingerprint density at radius 2 is 1.67 bits per heavy atom. The Bertz CT molecular complexity index is 1160. The molecule has 1 heterocycles. The van der Waals surface area contributed by atoms with Gasteiger partial charge < -0.3 is 10.6 Å². The first-order valence-electron chi connectivity index (χ1n) is 12.7. The van der Waals surface area contributed by atoms with E-state index >= 15 is 0 Å². The number of amides is 2. The lowest BCUT2D eigenvalue weighted by molar-refractivity contribution is -0.124. The van der Waals surface area contributed by atoms with Crippen molar-refractivity contribution in [2.24, 2.45) is 5.92 Å². The van der Waals surface area contributed by atoms with Crippen molar-refractivity contribution in [2.45, 2.75) is 75.4 Å². The van der Waals surface area contributed by atoms with Crippen LogP contribution >= 0.6 is 11.6 Å². The Morgan fingerprint density at radius 1 is 1.00 bits per heavy atom. The molecule has 2 aromatic carbocycles. The molecule has 0 spiro atoms. The van der Waals surface area contributed by atoms with Crippen LogP contribution in [0.1, 0.15) is 67.8 Å². The molecule has 0 unspecified atom stereocenters. The molecule has 1 saturated carbocycles. The van der Waals surface area contributed by atoms with Crippen molar-refractivity contribution in [3.05, 3.63) is 64.7 Å². The summed E-state index contributed by atoms with van der Waals surface area (Å²) in [4.78, 5) is 25.7. The predicted octanol–water partition coefficient (Wildman–Crippen LogP) is 4.51. The van der Waals surface area contributed by atoms with Crippen LogP contribution < -0.4 is 10.6 Å². The van der Waals surface area contributed by atoms with E-state index in [1.165, 1.54) is 28.6 Å². The van der Waals surface area contributed by atoms with Crippen molar-refractivity contribution in [2.75, 3.05) is 6.54 Å². The quantitative estimate of drug-likeness (QED) is 0.549. The van der Waals surface area contributed by atoms with Gasteiger partial charge in [0.15, 0.2) is 0 Å². The molecule has 1 atom stereocenters. The number of nitrogens with zero attached hydrogens (tertiary/aromatic N) is 1. The number of halogens is 1. The third-order valence-electron chi connectivity index (χ3n) is 7.18. The molecular formula is C27H34ClN3O4S. The zero-order valence-corrected chi connectivity index (χ0v) is 22.2. The molecule has 9 heteroatoms. The summed E-state index contributed by atoms with van der Waals surface area (Å²) in [7, 11) is -3.98. The highest BCUT2D eigenvalue weighted by atomic mass is 35.5. The zero-order chi connectivity index (χ0) is 25.7. The van der Waals surface area contributed by atoms with Crippen LogP contribution in [0.15, 0.2) is 53.4 Å². The molecule has 2 fully saturated rings. The minimum Gasteiger partial charge on any atom is -0.355 e. The van der Waals surface area contributed by atoms with Crippen LogP contribution in [0.2, 0.25) is 5.02 Å². The van der Waals surface area contributed by atoms with Crippen LogP contribution in [-0.4, -0.2) is 43.2 Å². The minimum atomic E-state index is -3.98. The second-order valence-electron chi connectivity index (χ2n) is 9.93. The first-order chi connectivity index (χ1) is 17.2. The maximum absolute atomic E-state index is 13.7. The maximum Gasteiger partial charge on any atom is 0.251 e. The van der Waals surface area contributed by atoms with E-state index in [1.54, 1.807) is 24.3 Å². The third kappa shape index (κ3) is 6.47. The highest BCUT2D eigenvalue weighted by Crippen LogP contribution is 2.27. The zero-order valence-electron chi connectivity index (χ0n) is 20.6. The summed E-state index contributed by atoms with van der Waals surface area (Å²) in [6.45, 7) is 2.80. The van der Waals surface area contributed by atoms with Crippen molar-refractivity contribution in [1.29, 1.82) is 0 Å². The van der Waals surface area contributed by atoms with Gasteiger partial charge in [-0.1, -0.05) is 30.7 Å². The van der Waals surface area contributed by atoms with Crippen LogP contribution in [0.25, 0.3) is 0 Å². The van der Waals surface area contributed by atoms with Crippen LogP contribution in [0.5, 0.6) is 0 Å². The lowest BCUT2D eigenvalue weighted by Gasteiger charge is -2.29. The van der Waals surface area contributed by atoms with Crippen molar-refractivity contribution >= 4 is 33.4 Å². The molecule has 2 aromatic rings. The fraction of sp³-hybridized carbons (Fsp3) is 0.481. The number of nitrogens with one attached hydrogen (secondary N) is 2. The Hall–Kier alpha value is -2.42. The van der Waals surface area contributed by atoms with Gasteiger partial charge in [0.1, 0.15) is 6.04 Å². The van der Waals surface area contributed by atoms with Crippen LogP contribution in [-0.2, 0) is 21.4 Å². The lowest BCUT2D eigenvalue weighted by Crippen LogP contribution is -2.48. The molecule has 4 rings (SSSR count). The maximum atomic E-state index is 13.7. The number of carbonyl (C=O) groups excluding carboxylic acids is 2. The Morgan fingerprint density at radius 3 is 2.33 bits per heavy atom. The van der Waals surface area contributed by atoms with E-state index in [0.717, 1.165) is 38.5 Å². The van der Waals surface area contributed by atoms with E-state index < -0.39 is 16.1 Å². The number of rotatable bonds is 7. The first-order valence-corrected chi connectivity index (χ1v) is 14.5. The molecule has 0 radical (unpaired) electrons. The number of hydrogen-bond donors (Lipinski definition) is 2. The molecule has 2 amide bonds. The minimum absolute atomic E-state index is 0.0193. The summed E-state index contributed by atoms with van der Waals surface area (Å²) < 4.78 is 28.6. The molecule has 36 heavy (non-hydrogen) atoms. The number of carbonyl (C=O) groups is 2. The average Bonchev–Trinajstić information content (AvgIpc) is 3.08. The number of hydrogen-bond acceptors (Lipinski definition) is 4. The van der Waals surface area contributed by atoms with E-state index in [1.807, 2.05) is 0 Å². The summed E-state index contributed by atoms with van der Waals surface area (Å²) in [6.07, 6.45) is 6.22. The van der Waals surface area contributed by atoms with Gasteiger partial charge in [0.05, 0.1) is 4.90 Å². The summed E-state index contributed by atoms with van der Waals surface area (Å²) in [5.41, 5.74) is 1.24. The van der Waals surface area contributed by atoms with Crippen molar-refractivity contribution in [3.63, 3.8) is 0 Å². The molecule has 0 bridgehead atoms. The van der Waals surface area contributed by atoms with Crippen molar-refractivity contribution < 1.29 is 18.0 Å². The van der Waals surface area contributed by atoms with Crippen LogP contribution in [0, 0.1) is 5.92 Å². The van der Waals surface area contributed by atoms with Crippen LogP contribution in [0.4, 0.5) is 0 Å². The van der Waals surface area contributed by atoms with E-state index in [4.69, 9.17) is 11.6 Å². The lowest BCUT2D eigenvalue weighted by atomic mass is 9.87. The van der Waals surface area contributed by atoms with Gasteiger partial charge in [-0.15, -0.1) is 0 Å². The number of benzene rings is 2. The van der Waals surface area contributed by atoms with Gasteiger partial charge in [-0.3, -0.25) is 9.59 Å². The fourth-order valence-corrected chi connectivity index (χ4v) is 6.65. The SMILES string of the molecule is CC1CCC(NC(=O)c2ccc(CN([C@@H]3CCCCNC3=O)S(=O)(=O)c3ccc(Cl)cc3)cc2)CC1. The standard InChI is InChI=1S/C27H34ClN3O4S/c1-19-5-13-23(14-6-19)30-26(32)21-9-7-20(8-10-21)18-31(25-4-2-3-17-29-27(25)33)36(34,35)24-15-11-22(28)12-16-24/h7-12,15-16,19,23,25H,2-6,13-14,17-18H2,1H3,(H,29,33)(H,30,32)/t19?,23?,25-/m1/s1. The normalized spacial score (nSPS) is 23.1. The molecule has 0 aromatic heterocycles. The molecule has 1 aliphatic heterocycles. The van der Waals surface area contributed by atoms with E-state index in [2.05, 4.69) is 17.6 Å². The van der Waals surface area contributed by atoms with Crippen LogP contribution in [0.3, 0.4) is 0 Å². The van der Waals surface area contributed by atoms with Crippen molar-refractivity contribution in [3.8, 4) is 0 Å². The second-order valence-corrected chi connectivity index (χ2v) is 12.3. The highest BCUT2D eigenvalue weighted by Gasteiger charge is 2.36. The fourth-order valence-electron chi connectivity index (χ4n) is 4.92. The summed E-state index contributed by atoms with van der Waals surface area (Å²) in [5, 5.41) is 6.40. The highest BCUT2D eigenvalue weighted by molar-refractivity contribution is 7.89. The van der Waals surface area contributed by atoms with Gasteiger partial charge in [0, 0.05) is 29.7 Å². The van der Waals surface area contributed by atoms with Crippen molar-refractivity contribution in [1.82, 2.24) is 14.9 Å². The summed E-state index contributed by atoms with van der Waals surface area (Å²) in [6, 6.07) is 12.3. The third-order valence-corrected chi connectivity index (χ3v) is 9.30. The Balaban J connectivity index is 1.54. The van der Waals surface area contributed by atoms with E-state index in [-0.39, 0.29) is 29.3 Å². The molecule has 2 N–H and O–H groups in total. The van der Waals surface area contributed by atoms with E-state index in [9.17, 15) is 18.0 Å². The molecule has 1 saturated heterocycles. The average molecular weight is 532 g/mol. The van der Waals surface area contributed by atoms with Gasteiger partial charge in [-0.2, -0.15) is 4.31 Å². The van der Waals surface area contributed by atoms with Gasteiger partial charge in [0.25, 0.3) is 5.91 Å². The Kier molecular flexibility index (Phi) is 8.70. The topological polar surface area (TPSA) is 95.6 Å². The summed E-state index contributed by atoms with van der Waals surface area (Å²) in [5.74, 6) is 0.304. The molecular weight excluding hydrogens is 498 g/mol. The predicted molar refractivity (Wildman–Crippen MR) is 140 cm³/mol. The smallest absolute Gasteiger partial charge is 0.251 e. The first kappa shape index (κ1) is 26.6. The Labute approximate surface area is 218 Å². The monoisotopic (exact) mass is 531 g/mol. The van der Waals surface area contributed by atoms with Gasteiger partial charge in [0.2, 0.25) is 15.9 Å². The second kappa shape index (κ2) is 11.8. The van der Waals surface area contributed by atoms with Gasteiger partial charge in [-0.25, -0.2) is 8.42 Å². The summed E-state index contributed by atoms with van der Waals surface area (Å²) >= 11 is 5.97. The van der Waals surface area contributed by atoms with Gasteiger partial charge in [-0.05, 0) is 92.8 Å². The van der Waals surface area contributed by atoms with E-state index in [0.29, 0.717) is 35.0 Å². The molecule has 194 valence electrons. The molecule has 1 aliphatic carbocycles. The molecule has 7 nitrogen and oxygen atoms in total. The number of sulfonamides is 1.